The van der Waals surface area contributed by atoms with Crippen LogP contribution >= 0.6 is 0 Å². The van der Waals surface area contributed by atoms with Crippen LogP contribution in [-0.2, 0) is 15.1 Å². The van der Waals surface area contributed by atoms with Gasteiger partial charge in [-0.15, -0.1) is 0 Å². The molecule has 0 aliphatic carbocycles. The van der Waals surface area contributed by atoms with E-state index in [9.17, 15) is 9.90 Å². The van der Waals surface area contributed by atoms with Crippen molar-refractivity contribution in [1.29, 1.82) is 0 Å². The van der Waals surface area contributed by atoms with Crippen molar-refractivity contribution in [2.24, 2.45) is 0 Å². The van der Waals surface area contributed by atoms with Crippen LogP contribution in [0.3, 0.4) is 0 Å². The van der Waals surface area contributed by atoms with Gasteiger partial charge in [-0.05, 0) is 0 Å². The Bertz CT molecular complexity index is 623. The maximum atomic E-state index is 11.4. The lowest BCUT2D eigenvalue weighted by molar-refractivity contribution is -0.0462. The summed E-state index contributed by atoms with van der Waals surface area (Å²) in [4.78, 5) is 18.5. The van der Waals surface area contributed by atoms with Crippen molar-refractivity contribution in [2.75, 3.05) is 12.3 Å². The summed E-state index contributed by atoms with van der Waals surface area (Å²) in [6, 6.07) is 0. The summed E-state index contributed by atoms with van der Waals surface area (Å²) in [7, 11) is -5.17. The van der Waals surface area contributed by atoms with E-state index in [2.05, 4.69) is 9.97 Å². The maximum absolute atomic E-state index is 11.4. The summed E-state index contributed by atoms with van der Waals surface area (Å²) >= 11 is 0. The lowest BCUT2D eigenvalue weighted by Gasteiger charge is -2.13. The molecule has 21 heavy (non-hydrogen) atoms. The second-order valence-electron chi connectivity index (χ2n) is 3.93. The van der Waals surface area contributed by atoms with Crippen LogP contribution in [0.25, 0.3) is 0 Å². The van der Waals surface area contributed by atoms with Gasteiger partial charge in [-0.2, -0.15) is 4.98 Å². The van der Waals surface area contributed by atoms with Crippen molar-refractivity contribution in [3.05, 3.63) is 16.8 Å². The van der Waals surface area contributed by atoms with Crippen LogP contribution in [0.5, 0.6) is 0 Å². The second kappa shape index (κ2) is 6.88. The summed E-state index contributed by atoms with van der Waals surface area (Å²) in [6.45, 7) is -0.303. The third-order valence-electron chi connectivity index (χ3n) is 2.44. The van der Waals surface area contributed by atoms with E-state index in [1.807, 2.05) is 0 Å². The van der Waals surface area contributed by atoms with Gasteiger partial charge in [-0.3, -0.25) is 13.0 Å². The number of aliphatic hydroxyl groups is 2. The molecule has 1 aromatic rings. The Morgan fingerprint density at radius 2 is 2.10 bits per heavy atom. The van der Waals surface area contributed by atoms with Crippen molar-refractivity contribution in [3.63, 3.8) is 0 Å². The van der Waals surface area contributed by atoms with Crippen molar-refractivity contribution in [3.8, 4) is 0 Å². The molecule has 0 saturated carbocycles. The quantitative estimate of drug-likeness (QED) is 0.360. The number of hydrogen-bond donors (Lipinski definition) is 3. The van der Waals surface area contributed by atoms with Gasteiger partial charge in [0.15, 0.2) is 0 Å². The van der Waals surface area contributed by atoms with Crippen LogP contribution < -0.4 is 11.4 Å². The minimum atomic E-state index is -5.17. The minimum Gasteiger partial charge on any atom is -0.759 e. The number of nitrogens with zero attached hydrogens (tertiary/aromatic N) is 3. The van der Waals surface area contributed by atoms with E-state index < -0.39 is 34.5 Å². The number of ether oxygens (including phenoxy) is 1. The Hall–Kier alpha value is -1.64. The molecule has 0 aromatic carbocycles. The highest BCUT2D eigenvalue weighted by atomic mass is 32.3. The van der Waals surface area contributed by atoms with E-state index in [-0.39, 0.29) is 19.0 Å². The molecule has 0 spiro atoms. The van der Waals surface area contributed by atoms with Gasteiger partial charge in [0.1, 0.15) is 18.7 Å². The average Bonchev–Trinajstić information content (AvgIpc) is 2.68. The van der Waals surface area contributed by atoms with Gasteiger partial charge in [0.2, 0.25) is 5.95 Å². The number of hydrogen-bond acceptors (Lipinski definition) is 11. The molecule has 1 aliphatic heterocycles. The van der Waals surface area contributed by atoms with Gasteiger partial charge in [0, 0.05) is 16.8 Å². The fourth-order valence-electron chi connectivity index (χ4n) is 1.60. The first-order chi connectivity index (χ1) is 9.61. The van der Waals surface area contributed by atoms with E-state index in [1.165, 1.54) is 6.33 Å². The van der Waals surface area contributed by atoms with Gasteiger partial charge in [0.25, 0.3) is 0 Å². The summed E-state index contributed by atoms with van der Waals surface area (Å²) in [5.74, 6) is -0.112. The van der Waals surface area contributed by atoms with Crippen LogP contribution in [0.4, 0.5) is 5.95 Å². The molecule has 4 N–H and O–H groups in total. The van der Waals surface area contributed by atoms with Crippen molar-refractivity contribution in [1.82, 2.24) is 14.5 Å². The van der Waals surface area contributed by atoms with Gasteiger partial charge in [-0.25, -0.2) is 9.78 Å². The molecule has 0 unspecified atom stereocenters. The second-order valence-corrected chi connectivity index (χ2v) is 4.74. The molecular formula is C8H12N4O8S-2. The molecule has 0 bridgehead atoms. The highest BCUT2D eigenvalue weighted by Crippen LogP contribution is 2.26. The molecule has 1 saturated heterocycles. The summed E-state index contributed by atoms with van der Waals surface area (Å²) in [6.07, 6.45) is -0.741. The molecule has 0 amide bonds. The van der Waals surface area contributed by atoms with Gasteiger partial charge in [-0.1, -0.05) is 0 Å². The molecule has 120 valence electrons. The molecule has 13 heteroatoms. The van der Waals surface area contributed by atoms with Gasteiger partial charge >= 0.3 is 5.69 Å². The molecule has 3 atom stereocenters. The first-order valence-corrected chi connectivity index (χ1v) is 6.77. The summed E-state index contributed by atoms with van der Waals surface area (Å²) < 4.78 is 40.5. The number of aliphatic hydroxyl groups excluding tert-OH is 2. The predicted molar refractivity (Wildman–Crippen MR) is 62.8 cm³/mol. The number of aromatic nitrogens is 3. The Balaban J connectivity index is 0.000000383. The molecule has 0 radical (unpaired) electrons. The zero-order valence-electron chi connectivity index (χ0n) is 10.4. The average molecular weight is 324 g/mol. The Labute approximate surface area is 118 Å². The standard InChI is InChI=1S/C8H12N4O4.H2O4S/c9-7-10-3-12(8(15)11-7)6-1-4(14)5(2-13)16-6;1-5(2,3)4/h3-6,13-14H,1-2H2,(H2,9,11,15);(H2,1,2,3,4)/p-2/t4-,5+,6+;/m0./s1. The van der Waals surface area contributed by atoms with Crippen LogP contribution in [0.15, 0.2) is 11.1 Å². The molecule has 1 aromatic heterocycles. The van der Waals surface area contributed by atoms with Gasteiger partial charge < -0.3 is 29.8 Å². The Kier molecular flexibility index (Phi) is 5.70. The van der Waals surface area contributed by atoms with Crippen LogP contribution in [0, 0.1) is 0 Å². The molecule has 12 nitrogen and oxygen atoms in total. The predicted octanol–water partition coefficient (Wildman–Crippen LogP) is -3.48. The summed E-state index contributed by atoms with van der Waals surface area (Å²) in [5.41, 5.74) is 4.65. The number of nitrogens with two attached hydrogens (primary N) is 1. The minimum absolute atomic E-state index is 0.112. The zero-order chi connectivity index (χ0) is 16.2. The molecular weight excluding hydrogens is 312 g/mol. The molecule has 1 aliphatic rings. The topological polar surface area (TPSA) is 204 Å². The lowest BCUT2D eigenvalue weighted by atomic mass is 10.2. The van der Waals surface area contributed by atoms with E-state index in [1.54, 1.807) is 0 Å². The highest BCUT2D eigenvalue weighted by molar-refractivity contribution is 7.79. The third-order valence-corrected chi connectivity index (χ3v) is 2.44. The lowest BCUT2D eigenvalue weighted by Crippen LogP contribution is -2.28. The highest BCUT2D eigenvalue weighted by Gasteiger charge is 2.35. The Morgan fingerprint density at radius 1 is 1.52 bits per heavy atom. The Morgan fingerprint density at radius 3 is 2.52 bits per heavy atom. The van der Waals surface area contributed by atoms with E-state index in [4.69, 9.17) is 33.1 Å². The number of nitrogen functional groups attached to an aromatic ring is 1. The van der Waals surface area contributed by atoms with E-state index in [0.29, 0.717) is 0 Å². The largest absolute Gasteiger partial charge is 0.759 e. The van der Waals surface area contributed by atoms with E-state index in [0.717, 1.165) is 4.57 Å². The summed E-state index contributed by atoms with van der Waals surface area (Å²) in [5, 5.41) is 18.4. The smallest absolute Gasteiger partial charge is 0.354 e. The monoisotopic (exact) mass is 324 g/mol. The van der Waals surface area contributed by atoms with Crippen LogP contribution in [0.1, 0.15) is 12.6 Å². The van der Waals surface area contributed by atoms with Gasteiger partial charge in [0.05, 0.1) is 12.7 Å². The van der Waals surface area contributed by atoms with Crippen molar-refractivity contribution >= 4 is 16.3 Å². The SMILES string of the molecule is Nc1ncn([C@H]2C[C@H](O)[C@@H](CO)O2)c(=O)n1.O=S(=O)([O-])[O-]. The van der Waals surface area contributed by atoms with Crippen LogP contribution in [-0.4, -0.2) is 61.1 Å². The van der Waals surface area contributed by atoms with Crippen molar-refractivity contribution < 1.29 is 32.5 Å². The fraction of sp³-hybridized carbons (Fsp3) is 0.625. The number of anilines is 1. The third kappa shape index (κ3) is 5.70. The molecule has 1 fully saturated rings. The van der Waals surface area contributed by atoms with Crippen LogP contribution in [0.2, 0.25) is 0 Å². The molecule has 2 rings (SSSR count). The molecule has 2 heterocycles. The first kappa shape index (κ1) is 17.4. The van der Waals surface area contributed by atoms with Crippen molar-refractivity contribution in [2.45, 2.75) is 24.9 Å². The van der Waals surface area contributed by atoms with E-state index >= 15 is 0 Å². The number of rotatable bonds is 2. The fourth-order valence-corrected chi connectivity index (χ4v) is 1.60. The maximum Gasteiger partial charge on any atom is 0.354 e. The normalized spacial score (nSPS) is 25.2. The zero-order valence-corrected chi connectivity index (χ0v) is 11.2. The first-order valence-electron chi connectivity index (χ1n) is 5.43.